The largest absolute Gasteiger partial charge is 0.481 e. The van der Waals surface area contributed by atoms with Crippen LogP contribution in [0.1, 0.15) is 18.4 Å². The zero-order valence-corrected chi connectivity index (χ0v) is 7.75. The van der Waals surface area contributed by atoms with Gasteiger partial charge in [0.1, 0.15) is 0 Å². The molecule has 0 atom stereocenters. The summed E-state index contributed by atoms with van der Waals surface area (Å²) in [6.45, 7) is 0.771. The first-order valence-electron chi connectivity index (χ1n) is 4.57. The van der Waals surface area contributed by atoms with Crippen molar-refractivity contribution >= 4 is 0 Å². The molecule has 13 heavy (non-hydrogen) atoms. The lowest BCUT2D eigenvalue weighted by atomic mass is 10.1. The molecule has 1 aliphatic rings. The predicted molar refractivity (Wildman–Crippen MR) is 49.2 cm³/mol. The molecule has 0 bridgehead atoms. The van der Waals surface area contributed by atoms with Gasteiger partial charge in [-0.15, -0.1) is 0 Å². The normalized spacial score (nSPS) is 15.5. The predicted octanol–water partition coefficient (Wildman–Crippen LogP) is 1.81. The average Bonchev–Trinajstić information content (AvgIpc) is 2.41. The van der Waals surface area contributed by atoms with Crippen LogP contribution in [0.15, 0.2) is 12.1 Å². The van der Waals surface area contributed by atoms with Crippen LogP contribution in [-0.2, 0) is 6.42 Å². The van der Waals surface area contributed by atoms with E-state index in [4.69, 9.17) is 9.47 Å². The van der Waals surface area contributed by atoms with Crippen LogP contribution in [0.3, 0.4) is 0 Å². The van der Waals surface area contributed by atoms with Crippen molar-refractivity contribution in [2.45, 2.75) is 19.3 Å². The van der Waals surface area contributed by atoms with Gasteiger partial charge in [-0.2, -0.15) is 4.98 Å². The van der Waals surface area contributed by atoms with Crippen molar-refractivity contribution in [1.82, 2.24) is 4.98 Å². The molecule has 3 nitrogen and oxygen atoms in total. The van der Waals surface area contributed by atoms with Crippen molar-refractivity contribution in [3.05, 3.63) is 17.7 Å². The van der Waals surface area contributed by atoms with Gasteiger partial charge < -0.3 is 9.47 Å². The third-order valence-corrected chi connectivity index (χ3v) is 2.20. The van der Waals surface area contributed by atoms with Crippen LogP contribution < -0.4 is 9.47 Å². The summed E-state index contributed by atoms with van der Waals surface area (Å²) >= 11 is 0. The summed E-state index contributed by atoms with van der Waals surface area (Å²) in [4.78, 5) is 4.25. The van der Waals surface area contributed by atoms with Gasteiger partial charge in [-0.1, -0.05) is 0 Å². The van der Waals surface area contributed by atoms with Crippen LogP contribution in [0.4, 0.5) is 0 Å². The number of aromatic nitrogens is 1. The minimum absolute atomic E-state index is 0.626. The molecule has 1 aromatic rings. The molecule has 0 N–H and O–H groups in total. The zero-order chi connectivity index (χ0) is 9.10. The van der Waals surface area contributed by atoms with Gasteiger partial charge in [0.05, 0.1) is 13.7 Å². The lowest BCUT2D eigenvalue weighted by molar-refractivity contribution is 0.298. The van der Waals surface area contributed by atoms with E-state index in [9.17, 15) is 0 Å². The van der Waals surface area contributed by atoms with Gasteiger partial charge >= 0.3 is 0 Å². The molecule has 2 heterocycles. The minimum atomic E-state index is 0.626. The Hall–Kier alpha value is -1.25. The third-order valence-electron chi connectivity index (χ3n) is 2.20. The number of hydrogen-bond donors (Lipinski definition) is 0. The molecular formula is C10H13NO2. The van der Waals surface area contributed by atoms with Crippen LogP contribution in [0, 0.1) is 0 Å². The highest BCUT2D eigenvalue weighted by molar-refractivity contribution is 5.31. The molecule has 1 aliphatic heterocycles. The van der Waals surface area contributed by atoms with Gasteiger partial charge in [-0.05, 0) is 25.3 Å². The van der Waals surface area contributed by atoms with Crippen molar-refractivity contribution in [3.8, 4) is 11.8 Å². The van der Waals surface area contributed by atoms with Gasteiger partial charge in [0.25, 0.3) is 0 Å². The summed E-state index contributed by atoms with van der Waals surface area (Å²) in [5.74, 6) is 1.37. The molecule has 70 valence electrons. The second kappa shape index (κ2) is 3.64. The second-order valence-electron chi connectivity index (χ2n) is 3.12. The molecule has 0 saturated carbocycles. The van der Waals surface area contributed by atoms with Crippen LogP contribution in [0.5, 0.6) is 11.8 Å². The molecule has 0 fully saturated rings. The molecule has 0 spiro atoms. The first-order chi connectivity index (χ1) is 6.40. The van der Waals surface area contributed by atoms with Crippen molar-refractivity contribution in [2.75, 3.05) is 13.7 Å². The lowest BCUT2D eigenvalue weighted by Crippen LogP contribution is -1.98. The maximum Gasteiger partial charge on any atom is 0.219 e. The van der Waals surface area contributed by atoms with Crippen molar-refractivity contribution in [1.29, 1.82) is 0 Å². The fourth-order valence-electron chi connectivity index (χ4n) is 1.47. The zero-order valence-electron chi connectivity index (χ0n) is 7.75. The Morgan fingerprint density at radius 1 is 1.38 bits per heavy atom. The molecule has 0 aliphatic carbocycles. The third kappa shape index (κ3) is 1.74. The number of nitrogens with zero attached hydrogens (tertiary/aromatic N) is 1. The van der Waals surface area contributed by atoms with Gasteiger partial charge in [0, 0.05) is 11.6 Å². The Morgan fingerprint density at radius 2 is 2.31 bits per heavy atom. The smallest absolute Gasteiger partial charge is 0.219 e. The van der Waals surface area contributed by atoms with E-state index in [0.717, 1.165) is 25.3 Å². The van der Waals surface area contributed by atoms with E-state index < -0.39 is 0 Å². The van der Waals surface area contributed by atoms with E-state index in [1.807, 2.05) is 12.1 Å². The number of ether oxygens (including phenoxy) is 2. The minimum Gasteiger partial charge on any atom is -0.481 e. The molecule has 0 unspecified atom stereocenters. The monoisotopic (exact) mass is 179 g/mol. The van der Waals surface area contributed by atoms with Gasteiger partial charge in [-0.3, -0.25) is 0 Å². The van der Waals surface area contributed by atoms with E-state index >= 15 is 0 Å². The van der Waals surface area contributed by atoms with E-state index in [2.05, 4.69) is 4.98 Å². The standard InChI is InChI=1S/C10H13NO2/c1-12-9-6-5-8-4-2-3-7-13-10(8)11-9/h5-6H,2-4,7H2,1H3. The van der Waals surface area contributed by atoms with Gasteiger partial charge in [-0.25, -0.2) is 0 Å². The van der Waals surface area contributed by atoms with Gasteiger partial charge in [0.2, 0.25) is 11.8 Å². The number of fused-ring (bicyclic) bond motifs is 1. The molecule has 0 aromatic carbocycles. The summed E-state index contributed by atoms with van der Waals surface area (Å²) in [5, 5.41) is 0. The first-order valence-corrected chi connectivity index (χ1v) is 4.57. The van der Waals surface area contributed by atoms with Crippen molar-refractivity contribution in [2.24, 2.45) is 0 Å². The molecular weight excluding hydrogens is 166 g/mol. The fraction of sp³-hybridized carbons (Fsp3) is 0.500. The number of aryl methyl sites for hydroxylation is 1. The van der Waals surface area contributed by atoms with Crippen molar-refractivity contribution in [3.63, 3.8) is 0 Å². The van der Waals surface area contributed by atoms with Crippen LogP contribution >= 0.6 is 0 Å². The summed E-state index contributed by atoms with van der Waals surface area (Å²) in [6, 6.07) is 3.92. The highest BCUT2D eigenvalue weighted by Gasteiger charge is 2.10. The average molecular weight is 179 g/mol. The molecule has 2 rings (SSSR count). The Kier molecular flexibility index (Phi) is 2.34. The first kappa shape index (κ1) is 8.35. The maximum absolute atomic E-state index is 5.50. The summed E-state index contributed by atoms with van der Waals surface area (Å²) in [7, 11) is 1.62. The number of methoxy groups -OCH3 is 1. The van der Waals surface area contributed by atoms with Crippen molar-refractivity contribution < 1.29 is 9.47 Å². The molecule has 0 radical (unpaired) electrons. The Balaban J connectivity index is 2.32. The maximum atomic E-state index is 5.50. The topological polar surface area (TPSA) is 31.4 Å². The number of pyridine rings is 1. The van der Waals surface area contributed by atoms with E-state index in [0.29, 0.717) is 5.88 Å². The summed E-state index contributed by atoms with van der Waals surface area (Å²) < 4.78 is 10.5. The Labute approximate surface area is 77.7 Å². The molecule has 0 saturated heterocycles. The molecule has 1 aromatic heterocycles. The number of hydrogen-bond acceptors (Lipinski definition) is 3. The fourth-order valence-corrected chi connectivity index (χ4v) is 1.47. The Bertz CT molecular complexity index is 299. The van der Waals surface area contributed by atoms with E-state index in [1.54, 1.807) is 7.11 Å². The van der Waals surface area contributed by atoms with E-state index in [-0.39, 0.29) is 0 Å². The molecule has 0 amide bonds. The number of rotatable bonds is 1. The van der Waals surface area contributed by atoms with Crippen LogP contribution in [-0.4, -0.2) is 18.7 Å². The lowest BCUT2D eigenvalue weighted by Gasteiger charge is -2.06. The van der Waals surface area contributed by atoms with Crippen LogP contribution in [0.2, 0.25) is 0 Å². The van der Waals surface area contributed by atoms with Crippen LogP contribution in [0.25, 0.3) is 0 Å². The molecule has 3 heteroatoms. The second-order valence-corrected chi connectivity index (χ2v) is 3.12. The highest BCUT2D eigenvalue weighted by atomic mass is 16.5. The Morgan fingerprint density at radius 3 is 3.15 bits per heavy atom. The summed E-state index contributed by atoms with van der Waals surface area (Å²) in [6.07, 6.45) is 3.35. The highest BCUT2D eigenvalue weighted by Crippen LogP contribution is 2.24. The SMILES string of the molecule is COc1ccc2c(n1)OCCCC2. The quantitative estimate of drug-likeness (QED) is 0.658. The van der Waals surface area contributed by atoms with Gasteiger partial charge in [0.15, 0.2) is 0 Å². The summed E-state index contributed by atoms with van der Waals surface area (Å²) in [5.41, 5.74) is 1.19. The van der Waals surface area contributed by atoms with E-state index in [1.165, 1.54) is 12.0 Å².